The molecule has 8 rings (SSSR count). The van der Waals surface area contributed by atoms with Gasteiger partial charge in [0.1, 0.15) is 11.6 Å². The van der Waals surface area contributed by atoms with E-state index in [1.54, 1.807) is 48.2 Å². The number of aromatic nitrogens is 1. The number of aryl methyl sites for hydroxylation is 2. The predicted octanol–water partition coefficient (Wildman–Crippen LogP) is 8.06. The van der Waals surface area contributed by atoms with E-state index in [-0.39, 0.29) is 35.1 Å². The average Bonchev–Trinajstić information content (AvgIpc) is 3.50. The van der Waals surface area contributed by atoms with E-state index in [1.165, 1.54) is 17.4 Å². The highest BCUT2D eigenvalue weighted by Crippen LogP contribution is 2.43. The lowest BCUT2D eigenvalue weighted by Gasteiger charge is -2.52. The van der Waals surface area contributed by atoms with Crippen molar-refractivity contribution >= 4 is 46.1 Å². The van der Waals surface area contributed by atoms with Crippen LogP contribution in [0, 0.1) is 25.1 Å². The molecule has 52 heavy (non-hydrogen) atoms. The van der Waals surface area contributed by atoms with Gasteiger partial charge in [-0.15, -0.1) is 11.3 Å². The molecule has 0 atom stereocenters. The van der Waals surface area contributed by atoms with Crippen LogP contribution in [0.2, 0.25) is 0 Å². The Hall–Kier alpha value is -5.19. The Morgan fingerprint density at radius 3 is 2.54 bits per heavy atom. The largest absolute Gasteiger partial charge is 0.381 e. The smallest absolute Gasteiger partial charge is 0.265 e. The summed E-state index contributed by atoms with van der Waals surface area (Å²) in [5, 5.41) is 2.74. The number of benzene rings is 3. The molecule has 5 aromatic rings. The topological polar surface area (TPSA) is 91.8 Å². The molecule has 5 heterocycles. The van der Waals surface area contributed by atoms with Crippen LogP contribution in [-0.4, -0.2) is 55.4 Å². The van der Waals surface area contributed by atoms with Crippen molar-refractivity contribution in [2.24, 2.45) is 5.41 Å². The zero-order valence-electron chi connectivity index (χ0n) is 29.2. The number of ketones is 1. The fraction of sp³-hybridized carbons (Fsp3) is 0.286. The molecule has 10 heteroatoms. The van der Waals surface area contributed by atoms with Crippen LogP contribution in [-0.2, 0) is 17.6 Å². The van der Waals surface area contributed by atoms with E-state index in [9.17, 15) is 18.8 Å². The van der Waals surface area contributed by atoms with Crippen molar-refractivity contribution < 1.29 is 23.5 Å². The second kappa shape index (κ2) is 13.7. The number of pyridine rings is 1. The highest BCUT2D eigenvalue weighted by molar-refractivity contribution is 7.17. The second-order valence-corrected chi connectivity index (χ2v) is 15.3. The number of hydrogen-bond acceptors (Lipinski definition) is 7. The number of rotatable bonds is 7. The number of anilines is 3. The minimum absolute atomic E-state index is 0.0292. The van der Waals surface area contributed by atoms with Gasteiger partial charge in [-0.25, -0.2) is 9.37 Å². The standard InChI is InChI=1S/C42H39FN4O4S/c1-26-19-31(39(44-22-26)46-23-42(24-46)16-6-18-51-25-42)20-35(48)28-11-13-29(14-12-28)41(50)47-17-15-30-21-36(52-38(30)32-8-3-4-10-34(32)47)40(49)45-37-27(2)7-5-9-33(37)43/h3-5,7-14,19,21-22H,6,15-18,20,23-25H2,1-2H3,(H,45,49). The van der Waals surface area contributed by atoms with Gasteiger partial charge in [-0.2, -0.15) is 0 Å². The molecule has 0 radical (unpaired) electrons. The van der Waals surface area contributed by atoms with Crippen molar-refractivity contribution in [2.45, 2.75) is 39.5 Å². The van der Waals surface area contributed by atoms with Crippen LogP contribution in [0.3, 0.4) is 0 Å². The summed E-state index contributed by atoms with van der Waals surface area (Å²) in [5.74, 6) is -0.184. The highest BCUT2D eigenvalue weighted by Gasteiger charge is 2.45. The van der Waals surface area contributed by atoms with Crippen molar-refractivity contribution in [1.29, 1.82) is 0 Å². The van der Waals surface area contributed by atoms with Gasteiger partial charge in [0.05, 0.1) is 22.9 Å². The molecule has 0 bridgehead atoms. The number of nitrogens with one attached hydrogen (secondary N) is 1. The van der Waals surface area contributed by atoms with Crippen molar-refractivity contribution in [3.05, 3.63) is 129 Å². The molecule has 2 saturated heterocycles. The first-order valence-electron chi connectivity index (χ1n) is 17.7. The Labute approximate surface area is 306 Å². The van der Waals surface area contributed by atoms with E-state index >= 15 is 0 Å². The minimum Gasteiger partial charge on any atom is -0.381 e. The molecule has 1 N–H and O–H groups in total. The molecule has 0 saturated carbocycles. The van der Waals surface area contributed by atoms with Gasteiger partial charge in [0, 0.05) is 71.4 Å². The van der Waals surface area contributed by atoms with Gasteiger partial charge in [-0.3, -0.25) is 14.4 Å². The number of carbonyl (C=O) groups excluding carboxylic acids is 3. The summed E-state index contributed by atoms with van der Waals surface area (Å²) in [6.07, 6.45) is 4.85. The van der Waals surface area contributed by atoms with Crippen molar-refractivity contribution in [3.63, 3.8) is 0 Å². The number of amides is 2. The van der Waals surface area contributed by atoms with Gasteiger partial charge in [-0.1, -0.05) is 48.5 Å². The molecule has 3 aliphatic heterocycles. The number of halogens is 1. The van der Waals surface area contributed by atoms with E-state index in [0.717, 1.165) is 77.8 Å². The van der Waals surface area contributed by atoms with Crippen LogP contribution in [0.4, 0.5) is 21.6 Å². The third-order valence-electron chi connectivity index (χ3n) is 10.4. The second-order valence-electron chi connectivity index (χ2n) is 14.3. The van der Waals surface area contributed by atoms with Crippen molar-refractivity contribution in [2.75, 3.05) is 48.0 Å². The van der Waals surface area contributed by atoms with Gasteiger partial charge >= 0.3 is 0 Å². The summed E-state index contributed by atoms with van der Waals surface area (Å²) in [5.41, 5.74) is 6.51. The van der Waals surface area contributed by atoms with E-state index in [4.69, 9.17) is 9.72 Å². The maximum atomic E-state index is 14.5. The molecule has 0 unspecified atom stereocenters. The molecular weight excluding hydrogens is 676 g/mol. The van der Waals surface area contributed by atoms with Crippen LogP contribution in [0.25, 0.3) is 10.4 Å². The predicted molar refractivity (Wildman–Crippen MR) is 202 cm³/mol. The van der Waals surface area contributed by atoms with Gasteiger partial charge in [-0.05, 0) is 80.1 Å². The summed E-state index contributed by atoms with van der Waals surface area (Å²) in [7, 11) is 0. The van der Waals surface area contributed by atoms with Crippen molar-refractivity contribution in [3.8, 4) is 10.4 Å². The summed E-state index contributed by atoms with van der Waals surface area (Å²) >= 11 is 1.34. The number of thiophene rings is 1. The Morgan fingerprint density at radius 2 is 1.77 bits per heavy atom. The molecule has 2 fully saturated rings. The number of carbonyl (C=O) groups is 3. The SMILES string of the molecule is Cc1cnc(N2CC3(CCCOC3)C2)c(CC(=O)c2ccc(C(=O)N3CCc4cc(C(=O)Nc5c(C)cccc5F)sc4-c4ccccc43)cc2)c1. The molecule has 3 aromatic carbocycles. The van der Waals surface area contributed by atoms with Crippen LogP contribution >= 0.6 is 11.3 Å². The van der Waals surface area contributed by atoms with Crippen LogP contribution in [0.5, 0.6) is 0 Å². The van der Waals surface area contributed by atoms with Crippen LogP contribution in [0.15, 0.2) is 85.1 Å². The summed E-state index contributed by atoms with van der Waals surface area (Å²) in [6, 6.07) is 23.2. The highest BCUT2D eigenvalue weighted by atomic mass is 32.1. The van der Waals surface area contributed by atoms with Gasteiger partial charge in [0.15, 0.2) is 5.78 Å². The molecule has 0 aliphatic carbocycles. The first-order valence-corrected chi connectivity index (χ1v) is 18.5. The van der Waals surface area contributed by atoms with Gasteiger partial charge < -0.3 is 19.9 Å². The van der Waals surface area contributed by atoms with E-state index in [1.807, 2.05) is 43.5 Å². The maximum absolute atomic E-state index is 14.5. The molecule has 2 aromatic heterocycles. The number of fused-ring (bicyclic) bond motifs is 3. The number of ether oxygens (including phenoxy) is 1. The zero-order valence-corrected chi connectivity index (χ0v) is 30.0. The first kappa shape index (κ1) is 33.9. The molecule has 1 spiro atoms. The lowest BCUT2D eigenvalue weighted by atomic mass is 9.75. The number of para-hydroxylation sites is 2. The third kappa shape index (κ3) is 6.41. The molecular formula is C42H39FN4O4S. The van der Waals surface area contributed by atoms with E-state index < -0.39 is 5.82 Å². The Balaban J connectivity index is 0.978. The third-order valence-corrected chi connectivity index (χ3v) is 11.6. The Bertz CT molecular complexity index is 2180. The average molecular weight is 715 g/mol. The molecule has 3 aliphatic rings. The maximum Gasteiger partial charge on any atom is 0.265 e. The number of Topliss-reactive ketones (excluding diaryl/α,β-unsaturated/α-hetero) is 1. The van der Waals surface area contributed by atoms with Crippen LogP contribution < -0.4 is 15.1 Å². The quantitative estimate of drug-likeness (QED) is 0.172. The van der Waals surface area contributed by atoms with E-state index in [2.05, 4.69) is 16.3 Å². The van der Waals surface area contributed by atoms with E-state index in [0.29, 0.717) is 34.5 Å². The lowest BCUT2D eigenvalue weighted by molar-refractivity contribution is -0.0237. The molecule has 8 nitrogen and oxygen atoms in total. The molecule has 264 valence electrons. The summed E-state index contributed by atoms with van der Waals surface area (Å²) in [4.78, 5) is 51.0. The van der Waals surface area contributed by atoms with Gasteiger partial charge in [0.2, 0.25) is 0 Å². The number of nitrogens with zero attached hydrogens (tertiary/aromatic N) is 3. The first-order chi connectivity index (χ1) is 25.2. The zero-order chi connectivity index (χ0) is 36.0. The Kier molecular flexibility index (Phi) is 8.97. The van der Waals surface area contributed by atoms with Gasteiger partial charge in [0.25, 0.3) is 11.8 Å². The molecule has 2 amide bonds. The number of hydrogen-bond donors (Lipinski definition) is 1. The fourth-order valence-electron chi connectivity index (χ4n) is 7.72. The summed E-state index contributed by atoms with van der Waals surface area (Å²) in [6.45, 7) is 7.54. The minimum atomic E-state index is -0.480. The lowest BCUT2D eigenvalue weighted by Crippen LogP contribution is -2.60. The fourth-order valence-corrected chi connectivity index (χ4v) is 8.86. The Morgan fingerprint density at radius 1 is 0.981 bits per heavy atom. The monoisotopic (exact) mass is 714 g/mol. The summed E-state index contributed by atoms with van der Waals surface area (Å²) < 4.78 is 20.2. The normalized spacial score (nSPS) is 16.1. The van der Waals surface area contributed by atoms with Crippen molar-refractivity contribution in [1.82, 2.24) is 4.98 Å². The van der Waals surface area contributed by atoms with Crippen LogP contribution in [0.1, 0.15) is 65.5 Å².